The van der Waals surface area contributed by atoms with Crippen LogP contribution in [0.4, 0.5) is 5.82 Å². The lowest BCUT2D eigenvalue weighted by Gasteiger charge is -2.16. The van der Waals surface area contributed by atoms with Crippen molar-refractivity contribution in [1.82, 2.24) is 9.78 Å². The second-order valence-corrected chi connectivity index (χ2v) is 8.04. The quantitative estimate of drug-likeness (QED) is 0.644. The molecule has 0 spiro atoms. The largest absolute Gasteiger partial charge is 0.488 e. The van der Waals surface area contributed by atoms with Gasteiger partial charge in [0.1, 0.15) is 17.7 Å². The summed E-state index contributed by atoms with van der Waals surface area (Å²) in [7, 11) is 0. The third-order valence-corrected chi connectivity index (χ3v) is 4.37. The van der Waals surface area contributed by atoms with Crippen LogP contribution in [-0.2, 0) is 16.8 Å². The van der Waals surface area contributed by atoms with Crippen molar-refractivity contribution in [3.8, 4) is 11.4 Å². The van der Waals surface area contributed by atoms with E-state index in [9.17, 15) is 0 Å². The van der Waals surface area contributed by atoms with Gasteiger partial charge in [-0.05, 0) is 24.6 Å². The molecule has 2 N–H and O–H groups in total. The molecule has 5 heteroatoms. The minimum atomic E-state index is -0.0703. The predicted molar refractivity (Wildman–Crippen MR) is 113 cm³/mol. The van der Waals surface area contributed by atoms with Gasteiger partial charge in [-0.1, -0.05) is 57.2 Å². The van der Waals surface area contributed by atoms with Gasteiger partial charge in [0.05, 0.1) is 24.6 Å². The van der Waals surface area contributed by atoms with Gasteiger partial charge in [-0.2, -0.15) is 5.10 Å². The number of nitrogen functional groups attached to an aromatic ring is 1. The number of hydrogen-bond donors (Lipinski definition) is 1. The predicted octanol–water partition coefficient (Wildman–Crippen LogP) is 4.74. The van der Waals surface area contributed by atoms with Crippen molar-refractivity contribution in [3.63, 3.8) is 0 Å². The standard InChI is InChI=1S/C23H29N3O2/c1-17(15-27-16-18-9-6-5-7-10-18)28-20-12-8-11-19(13-20)26-22(24)14-21(25-26)23(2,3)4/h5-14,17H,15-16,24H2,1-4H3/t17-/m0/s1. The van der Waals surface area contributed by atoms with Crippen LogP contribution in [0.5, 0.6) is 5.75 Å². The molecule has 0 fully saturated rings. The van der Waals surface area contributed by atoms with E-state index in [1.165, 1.54) is 0 Å². The number of ether oxygens (including phenoxy) is 2. The summed E-state index contributed by atoms with van der Waals surface area (Å²) in [5, 5.41) is 4.67. The number of nitrogens with zero attached hydrogens (tertiary/aromatic N) is 2. The molecule has 1 heterocycles. The maximum atomic E-state index is 6.18. The summed E-state index contributed by atoms with van der Waals surface area (Å²) >= 11 is 0. The van der Waals surface area contributed by atoms with Crippen molar-refractivity contribution < 1.29 is 9.47 Å². The highest BCUT2D eigenvalue weighted by Crippen LogP contribution is 2.26. The lowest BCUT2D eigenvalue weighted by molar-refractivity contribution is 0.0493. The molecule has 0 bridgehead atoms. The van der Waals surface area contributed by atoms with Crippen molar-refractivity contribution >= 4 is 5.82 Å². The smallest absolute Gasteiger partial charge is 0.127 e. The van der Waals surface area contributed by atoms with Gasteiger partial charge < -0.3 is 15.2 Å². The molecular weight excluding hydrogens is 350 g/mol. The van der Waals surface area contributed by atoms with Gasteiger partial charge in [-0.25, -0.2) is 4.68 Å². The van der Waals surface area contributed by atoms with Crippen LogP contribution in [0.3, 0.4) is 0 Å². The third kappa shape index (κ3) is 5.14. The average molecular weight is 380 g/mol. The first-order valence-corrected chi connectivity index (χ1v) is 9.58. The van der Waals surface area contributed by atoms with Crippen LogP contribution in [0.1, 0.15) is 39.0 Å². The highest BCUT2D eigenvalue weighted by atomic mass is 16.5. The first kappa shape index (κ1) is 20.0. The summed E-state index contributed by atoms with van der Waals surface area (Å²) in [6, 6.07) is 19.8. The van der Waals surface area contributed by atoms with Crippen LogP contribution in [-0.4, -0.2) is 22.5 Å². The summed E-state index contributed by atoms with van der Waals surface area (Å²) in [6.45, 7) is 9.45. The molecule has 3 rings (SSSR count). The molecule has 5 nitrogen and oxygen atoms in total. The van der Waals surface area contributed by atoms with E-state index in [4.69, 9.17) is 15.2 Å². The Hall–Kier alpha value is -2.79. The molecule has 0 amide bonds. The molecule has 0 aliphatic rings. The summed E-state index contributed by atoms with van der Waals surface area (Å²) in [5.74, 6) is 1.38. The Balaban J connectivity index is 1.62. The number of aromatic nitrogens is 2. The first-order valence-electron chi connectivity index (χ1n) is 9.58. The van der Waals surface area contributed by atoms with Gasteiger partial charge in [-0.15, -0.1) is 0 Å². The zero-order valence-corrected chi connectivity index (χ0v) is 17.1. The number of benzene rings is 2. The van der Waals surface area contributed by atoms with Gasteiger partial charge in [0.2, 0.25) is 0 Å². The summed E-state index contributed by atoms with van der Waals surface area (Å²) in [5.41, 5.74) is 9.11. The van der Waals surface area contributed by atoms with E-state index < -0.39 is 0 Å². The Labute approximate surface area is 167 Å². The Kier molecular flexibility index (Phi) is 6.05. The molecular formula is C23H29N3O2. The summed E-state index contributed by atoms with van der Waals surface area (Å²) < 4.78 is 13.5. The second-order valence-electron chi connectivity index (χ2n) is 8.04. The highest BCUT2D eigenvalue weighted by Gasteiger charge is 2.19. The number of rotatable bonds is 7. The van der Waals surface area contributed by atoms with Crippen molar-refractivity contribution in [2.75, 3.05) is 12.3 Å². The molecule has 0 unspecified atom stereocenters. The monoisotopic (exact) mass is 379 g/mol. The fourth-order valence-electron chi connectivity index (χ4n) is 2.84. The zero-order valence-electron chi connectivity index (χ0n) is 17.1. The minimum absolute atomic E-state index is 0.0575. The summed E-state index contributed by atoms with van der Waals surface area (Å²) in [6.07, 6.45) is -0.0703. The van der Waals surface area contributed by atoms with E-state index in [0.717, 1.165) is 22.7 Å². The SMILES string of the molecule is C[C@@H](COCc1ccccc1)Oc1cccc(-n2nc(C(C)(C)C)cc2N)c1. The van der Waals surface area contributed by atoms with Crippen LogP contribution in [0.2, 0.25) is 0 Å². The van der Waals surface area contributed by atoms with E-state index >= 15 is 0 Å². The number of hydrogen-bond acceptors (Lipinski definition) is 4. The van der Waals surface area contributed by atoms with Crippen LogP contribution in [0, 0.1) is 0 Å². The van der Waals surface area contributed by atoms with Gasteiger partial charge in [0.15, 0.2) is 0 Å². The van der Waals surface area contributed by atoms with Crippen LogP contribution < -0.4 is 10.5 Å². The Morgan fingerprint density at radius 3 is 2.46 bits per heavy atom. The minimum Gasteiger partial charge on any atom is -0.488 e. The van der Waals surface area contributed by atoms with Crippen LogP contribution in [0.25, 0.3) is 5.69 Å². The maximum Gasteiger partial charge on any atom is 0.127 e. The second kappa shape index (κ2) is 8.48. The molecule has 3 aromatic rings. The molecule has 1 aromatic heterocycles. The van der Waals surface area contributed by atoms with Crippen molar-refractivity contribution in [2.24, 2.45) is 0 Å². The molecule has 0 aliphatic heterocycles. The lowest BCUT2D eigenvalue weighted by atomic mass is 9.92. The molecule has 0 radical (unpaired) electrons. The highest BCUT2D eigenvalue weighted by molar-refractivity contribution is 5.46. The molecule has 1 atom stereocenters. The lowest BCUT2D eigenvalue weighted by Crippen LogP contribution is -2.19. The van der Waals surface area contributed by atoms with E-state index in [2.05, 4.69) is 38.0 Å². The van der Waals surface area contributed by atoms with Crippen molar-refractivity contribution in [3.05, 3.63) is 71.9 Å². The first-order chi connectivity index (χ1) is 13.3. The van der Waals surface area contributed by atoms with Gasteiger partial charge >= 0.3 is 0 Å². The molecule has 2 aromatic carbocycles. The average Bonchev–Trinajstić information content (AvgIpc) is 3.05. The van der Waals surface area contributed by atoms with Gasteiger partial charge in [0, 0.05) is 17.5 Å². The Morgan fingerprint density at radius 1 is 1.04 bits per heavy atom. The summed E-state index contributed by atoms with van der Waals surface area (Å²) in [4.78, 5) is 0. The molecule has 0 saturated heterocycles. The molecule has 148 valence electrons. The van der Waals surface area contributed by atoms with Crippen LogP contribution >= 0.6 is 0 Å². The van der Waals surface area contributed by atoms with E-state index in [1.807, 2.05) is 55.5 Å². The topological polar surface area (TPSA) is 62.3 Å². The Bertz CT molecular complexity index is 898. The van der Waals surface area contributed by atoms with E-state index in [-0.39, 0.29) is 11.5 Å². The van der Waals surface area contributed by atoms with Gasteiger partial charge in [-0.3, -0.25) is 0 Å². The number of anilines is 1. The zero-order chi connectivity index (χ0) is 20.1. The van der Waals surface area contributed by atoms with Gasteiger partial charge in [0.25, 0.3) is 0 Å². The Morgan fingerprint density at radius 2 is 1.79 bits per heavy atom. The normalized spacial score (nSPS) is 12.7. The fraction of sp³-hybridized carbons (Fsp3) is 0.348. The van der Waals surface area contributed by atoms with Crippen molar-refractivity contribution in [1.29, 1.82) is 0 Å². The van der Waals surface area contributed by atoms with E-state index in [1.54, 1.807) is 4.68 Å². The third-order valence-electron chi connectivity index (χ3n) is 4.37. The van der Waals surface area contributed by atoms with Crippen LogP contribution in [0.15, 0.2) is 60.7 Å². The van der Waals surface area contributed by atoms with E-state index in [0.29, 0.717) is 19.0 Å². The van der Waals surface area contributed by atoms with Crippen molar-refractivity contribution in [2.45, 2.75) is 45.8 Å². The molecule has 0 aliphatic carbocycles. The number of nitrogens with two attached hydrogens (primary N) is 1. The molecule has 28 heavy (non-hydrogen) atoms. The molecule has 0 saturated carbocycles. The maximum absolute atomic E-state index is 6.18. The fourth-order valence-corrected chi connectivity index (χ4v) is 2.84.